The summed E-state index contributed by atoms with van der Waals surface area (Å²) in [6, 6.07) is 7.18. The number of carbonyl (C=O) groups excluding carboxylic acids is 1. The maximum atomic E-state index is 11.3. The Bertz CT molecular complexity index is 408. The molecular weight excluding hydrogens is 192 g/mol. The zero-order valence-corrected chi connectivity index (χ0v) is 8.49. The molecule has 2 N–H and O–H groups in total. The van der Waals surface area contributed by atoms with Crippen molar-refractivity contribution in [3.05, 3.63) is 29.3 Å². The van der Waals surface area contributed by atoms with Crippen molar-refractivity contribution < 1.29 is 9.53 Å². The molecule has 1 aromatic carbocycles. The molecule has 0 atom stereocenters. The number of hydrogen-bond acceptors (Lipinski definition) is 4. The van der Waals surface area contributed by atoms with E-state index in [0.717, 1.165) is 5.56 Å². The number of carbonyl (C=O) groups is 1. The summed E-state index contributed by atoms with van der Waals surface area (Å²) >= 11 is 0. The molecule has 0 unspecified atom stereocenters. The molecule has 4 nitrogen and oxygen atoms in total. The van der Waals surface area contributed by atoms with Gasteiger partial charge in [0.25, 0.3) is 0 Å². The third-order valence-corrected chi connectivity index (χ3v) is 2.11. The van der Waals surface area contributed by atoms with E-state index in [9.17, 15) is 4.79 Å². The highest BCUT2D eigenvalue weighted by Gasteiger charge is 2.11. The summed E-state index contributed by atoms with van der Waals surface area (Å²) in [6.07, 6.45) is 0.933. The number of rotatable bonds is 3. The van der Waals surface area contributed by atoms with Gasteiger partial charge in [0.2, 0.25) is 0 Å². The molecule has 0 amide bonds. The van der Waals surface area contributed by atoms with Gasteiger partial charge in [-0.2, -0.15) is 5.26 Å². The summed E-state index contributed by atoms with van der Waals surface area (Å²) in [5.41, 5.74) is 7.35. The fourth-order valence-corrected chi connectivity index (χ4v) is 1.31. The van der Waals surface area contributed by atoms with Gasteiger partial charge >= 0.3 is 5.97 Å². The summed E-state index contributed by atoms with van der Waals surface area (Å²) in [5, 5.41) is 8.46. The Kier molecular flexibility index (Phi) is 3.69. The second-order valence-corrected chi connectivity index (χ2v) is 3.03. The fourth-order valence-electron chi connectivity index (χ4n) is 1.31. The van der Waals surface area contributed by atoms with Gasteiger partial charge in [0.15, 0.2) is 0 Å². The van der Waals surface area contributed by atoms with Crippen LogP contribution in [0.15, 0.2) is 18.2 Å². The average molecular weight is 204 g/mol. The van der Waals surface area contributed by atoms with Crippen molar-refractivity contribution in [2.75, 3.05) is 12.8 Å². The van der Waals surface area contributed by atoms with Crippen LogP contribution in [-0.4, -0.2) is 13.1 Å². The van der Waals surface area contributed by atoms with Gasteiger partial charge in [0, 0.05) is 12.1 Å². The first-order chi connectivity index (χ1) is 7.20. The minimum absolute atomic E-state index is 0.355. The van der Waals surface area contributed by atoms with E-state index in [2.05, 4.69) is 4.74 Å². The number of ether oxygens (including phenoxy) is 1. The maximum Gasteiger partial charge on any atom is 0.339 e. The molecule has 0 heterocycles. The second-order valence-electron chi connectivity index (χ2n) is 3.03. The minimum Gasteiger partial charge on any atom is -0.465 e. The standard InChI is InChI=1S/C11H12N2O2/c1-15-11(14)9-6-2-4-8(10(9)13)5-3-7-12/h2,4,6H,3,5,13H2,1H3. The third kappa shape index (κ3) is 2.47. The van der Waals surface area contributed by atoms with Crippen LogP contribution in [0.25, 0.3) is 0 Å². The van der Waals surface area contributed by atoms with Gasteiger partial charge in [-0.1, -0.05) is 12.1 Å². The first kappa shape index (κ1) is 11.1. The summed E-state index contributed by atoms with van der Waals surface area (Å²) in [7, 11) is 1.31. The molecule has 0 aliphatic rings. The van der Waals surface area contributed by atoms with Crippen LogP contribution >= 0.6 is 0 Å². The number of hydrogen-bond donors (Lipinski definition) is 1. The molecule has 0 bridgehead atoms. The summed E-state index contributed by atoms with van der Waals surface area (Å²) in [4.78, 5) is 11.3. The van der Waals surface area contributed by atoms with E-state index in [1.165, 1.54) is 7.11 Å². The average Bonchev–Trinajstić information content (AvgIpc) is 2.27. The first-order valence-electron chi connectivity index (χ1n) is 4.53. The zero-order valence-electron chi connectivity index (χ0n) is 8.49. The normalized spacial score (nSPS) is 9.33. The van der Waals surface area contributed by atoms with Crippen LogP contribution in [0.3, 0.4) is 0 Å². The van der Waals surface area contributed by atoms with Crippen molar-refractivity contribution in [2.45, 2.75) is 12.8 Å². The van der Waals surface area contributed by atoms with Crippen LogP contribution < -0.4 is 5.73 Å². The van der Waals surface area contributed by atoms with Gasteiger partial charge in [0.05, 0.1) is 18.7 Å². The van der Waals surface area contributed by atoms with Crippen LogP contribution in [0.1, 0.15) is 22.3 Å². The molecule has 0 spiro atoms. The topological polar surface area (TPSA) is 76.1 Å². The molecule has 4 heteroatoms. The molecule has 0 saturated heterocycles. The summed E-state index contributed by atoms with van der Waals surface area (Å²) in [5.74, 6) is -0.452. The van der Waals surface area contributed by atoms with E-state index in [4.69, 9.17) is 11.0 Å². The zero-order chi connectivity index (χ0) is 11.3. The van der Waals surface area contributed by atoms with E-state index in [1.807, 2.05) is 6.07 Å². The number of para-hydroxylation sites is 1. The molecular formula is C11H12N2O2. The molecule has 0 aliphatic heterocycles. The van der Waals surface area contributed by atoms with E-state index in [1.54, 1.807) is 18.2 Å². The van der Waals surface area contributed by atoms with Crippen molar-refractivity contribution >= 4 is 11.7 Å². The van der Waals surface area contributed by atoms with Gasteiger partial charge in [-0.25, -0.2) is 4.79 Å². The lowest BCUT2D eigenvalue weighted by atomic mass is 10.0. The van der Waals surface area contributed by atoms with Crippen LogP contribution in [-0.2, 0) is 11.2 Å². The van der Waals surface area contributed by atoms with Crippen LogP contribution in [0.4, 0.5) is 5.69 Å². The van der Waals surface area contributed by atoms with Gasteiger partial charge < -0.3 is 10.5 Å². The van der Waals surface area contributed by atoms with Crippen molar-refractivity contribution in [3.8, 4) is 6.07 Å². The molecule has 0 saturated carbocycles. The Hall–Kier alpha value is -2.02. The van der Waals surface area contributed by atoms with Crippen molar-refractivity contribution in [1.29, 1.82) is 5.26 Å². The quantitative estimate of drug-likeness (QED) is 0.598. The Labute approximate surface area is 88.3 Å². The minimum atomic E-state index is -0.452. The molecule has 0 fully saturated rings. The van der Waals surface area contributed by atoms with Gasteiger partial charge in [0.1, 0.15) is 0 Å². The summed E-state index contributed by atoms with van der Waals surface area (Å²) in [6.45, 7) is 0. The Morgan fingerprint density at radius 3 is 2.93 bits per heavy atom. The van der Waals surface area contributed by atoms with Gasteiger partial charge in [-0.15, -0.1) is 0 Å². The van der Waals surface area contributed by atoms with Gasteiger partial charge in [-0.3, -0.25) is 0 Å². The fraction of sp³-hybridized carbons (Fsp3) is 0.273. The molecule has 78 valence electrons. The SMILES string of the molecule is COC(=O)c1cccc(CCC#N)c1N. The predicted octanol–water partition coefficient (Wildman–Crippen LogP) is 1.51. The van der Waals surface area contributed by atoms with Crippen molar-refractivity contribution in [2.24, 2.45) is 0 Å². The van der Waals surface area contributed by atoms with Crippen molar-refractivity contribution in [1.82, 2.24) is 0 Å². The Morgan fingerprint density at radius 2 is 2.33 bits per heavy atom. The number of anilines is 1. The predicted molar refractivity (Wildman–Crippen MR) is 56.1 cm³/mol. The number of esters is 1. The molecule has 0 aromatic heterocycles. The highest BCUT2D eigenvalue weighted by Crippen LogP contribution is 2.19. The largest absolute Gasteiger partial charge is 0.465 e. The highest BCUT2D eigenvalue weighted by molar-refractivity contribution is 5.95. The lowest BCUT2D eigenvalue weighted by Crippen LogP contribution is -2.07. The molecule has 1 aromatic rings. The van der Waals surface area contributed by atoms with Crippen LogP contribution in [0.5, 0.6) is 0 Å². The summed E-state index contributed by atoms with van der Waals surface area (Å²) < 4.78 is 4.59. The monoisotopic (exact) mass is 204 g/mol. The molecule has 1 rings (SSSR count). The number of nitrogen functional groups attached to an aromatic ring is 1. The van der Waals surface area contributed by atoms with E-state index >= 15 is 0 Å². The number of benzene rings is 1. The van der Waals surface area contributed by atoms with E-state index in [-0.39, 0.29) is 0 Å². The Morgan fingerprint density at radius 1 is 1.60 bits per heavy atom. The second kappa shape index (κ2) is 5.01. The molecule has 15 heavy (non-hydrogen) atoms. The van der Waals surface area contributed by atoms with E-state index in [0.29, 0.717) is 24.1 Å². The van der Waals surface area contributed by atoms with Crippen molar-refractivity contribution in [3.63, 3.8) is 0 Å². The van der Waals surface area contributed by atoms with Gasteiger partial charge in [-0.05, 0) is 18.1 Å². The smallest absolute Gasteiger partial charge is 0.339 e. The number of aryl methyl sites for hydroxylation is 1. The van der Waals surface area contributed by atoms with Crippen LogP contribution in [0.2, 0.25) is 0 Å². The van der Waals surface area contributed by atoms with Crippen LogP contribution in [0, 0.1) is 11.3 Å². The number of nitrogens with two attached hydrogens (primary N) is 1. The number of nitriles is 1. The molecule has 0 radical (unpaired) electrons. The third-order valence-electron chi connectivity index (χ3n) is 2.11. The lowest BCUT2D eigenvalue weighted by Gasteiger charge is -2.07. The number of methoxy groups -OCH3 is 1. The van der Waals surface area contributed by atoms with E-state index < -0.39 is 5.97 Å². The Balaban J connectivity index is 3.01. The number of nitrogens with zero attached hydrogens (tertiary/aromatic N) is 1. The molecule has 0 aliphatic carbocycles. The lowest BCUT2D eigenvalue weighted by molar-refractivity contribution is 0.0602. The highest BCUT2D eigenvalue weighted by atomic mass is 16.5. The first-order valence-corrected chi connectivity index (χ1v) is 4.53. The maximum absolute atomic E-state index is 11.3.